The summed E-state index contributed by atoms with van der Waals surface area (Å²) in [6.07, 6.45) is -0.297. The van der Waals surface area contributed by atoms with E-state index in [1.807, 2.05) is 75.1 Å². The number of phenolic OH excluding ortho intramolecular Hbond substituents is 1. The van der Waals surface area contributed by atoms with Gasteiger partial charge in [0.1, 0.15) is 47.2 Å². The first-order chi connectivity index (χ1) is 40.0. The topological polar surface area (TPSA) is 238 Å². The molecule has 2 saturated heterocycles. The van der Waals surface area contributed by atoms with Crippen LogP contribution in [0.25, 0.3) is 43.2 Å². The lowest BCUT2D eigenvalue weighted by atomic mass is 9.91. The summed E-state index contributed by atoms with van der Waals surface area (Å²) in [5, 5.41) is 33.3. The predicted molar refractivity (Wildman–Crippen MR) is 315 cm³/mol. The Morgan fingerprint density at radius 3 is 2.43 bits per heavy atom. The van der Waals surface area contributed by atoms with Crippen molar-refractivity contribution in [3.8, 4) is 33.1 Å². The number of aliphatic hydroxyl groups is 1. The minimum Gasteiger partial charge on any atom is -0.508 e. The number of amides is 4. The van der Waals surface area contributed by atoms with Gasteiger partial charge in [-0.15, -0.1) is 11.3 Å². The molecule has 0 unspecified atom stereocenters. The van der Waals surface area contributed by atoms with Crippen LogP contribution in [0.4, 0.5) is 16.2 Å². The summed E-state index contributed by atoms with van der Waals surface area (Å²) in [6.45, 7) is 13.0. The van der Waals surface area contributed by atoms with E-state index in [0.29, 0.717) is 89.5 Å². The fourth-order valence-electron chi connectivity index (χ4n) is 10.6. The molecular weight excluding hydrogens is 1110 g/mol. The summed E-state index contributed by atoms with van der Waals surface area (Å²) in [5.74, 6) is -0.864. The Kier molecular flexibility index (Phi) is 19.7. The van der Waals surface area contributed by atoms with E-state index in [9.17, 15) is 29.4 Å². The van der Waals surface area contributed by atoms with Gasteiger partial charge in [-0.25, -0.2) is 14.4 Å². The normalized spacial score (nSPS) is 15.8. The number of carbonyl (C=O) groups excluding carboxylic acids is 4. The van der Waals surface area contributed by atoms with Crippen molar-refractivity contribution >= 4 is 80.0 Å². The van der Waals surface area contributed by atoms with E-state index in [0.717, 1.165) is 16.1 Å². The highest BCUT2D eigenvalue weighted by Crippen LogP contribution is 2.43. The molecule has 0 saturated carbocycles. The molecule has 20 nitrogen and oxygen atoms in total. The molecule has 5 heterocycles. The molecule has 4 N–H and O–H groups in total. The molecule has 3 atom stereocenters. The van der Waals surface area contributed by atoms with Crippen LogP contribution in [0.1, 0.15) is 68.7 Å². The average Bonchev–Trinajstić information content (AvgIpc) is 3.68. The number of benzene rings is 4. The summed E-state index contributed by atoms with van der Waals surface area (Å²) in [7, 11) is 1.68. The van der Waals surface area contributed by atoms with Crippen LogP contribution < -0.4 is 20.3 Å². The van der Waals surface area contributed by atoms with Crippen LogP contribution in [0, 0.1) is 25.6 Å². The lowest BCUT2D eigenvalue weighted by molar-refractivity contribution is -0.141. The van der Waals surface area contributed by atoms with E-state index in [2.05, 4.69) is 25.8 Å². The standard InChI is InChI=1S/C60H70ClFN10O10S/c1-7-50(75)70-16-18-71(19-17-70)57-45-31-46(61)53(44-29-41(73)27-38-10-8-9-11-43(38)44)54(62)55(45)66-60(67-57)63-15-14-51(76)69(6)20-21-79-22-23-80-24-25-81-48-28-39(56-37(5)65-34-83-56)12-13-40(48)32-64-58(77)47-30-42(74)33-72(47)59(78)52(35(2)3)49-26-36(4)68-82-49/h8-13,26-29,31,34-35,42,47,52,73-74H,7,14-25,30,32-33H2,1-6H3,(H,64,77)(H,63,66,67)/t42-,47+,52+/m1/s1. The lowest BCUT2D eigenvalue weighted by Gasteiger charge is -2.36. The second-order valence-electron chi connectivity index (χ2n) is 21.1. The molecule has 2 fully saturated rings. The van der Waals surface area contributed by atoms with Crippen LogP contribution in [0.2, 0.25) is 5.02 Å². The second kappa shape index (κ2) is 27.3. The number of rotatable bonds is 24. The first-order valence-corrected chi connectivity index (χ1v) is 29.2. The van der Waals surface area contributed by atoms with Crippen LogP contribution >= 0.6 is 22.9 Å². The van der Waals surface area contributed by atoms with Gasteiger partial charge in [-0.3, -0.25) is 19.2 Å². The highest BCUT2D eigenvalue weighted by Gasteiger charge is 2.43. The minimum atomic E-state index is -0.885. The number of carbonyl (C=O) groups is 4. The number of likely N-dealkylation sites (N-methyl/N-ethyl adjacent to an activating group) is 1. The molecule has 4 aromatic carbocycles. The molecule has 0 bridgehead atoms. The zero-order valence-electron chi connectivity index (χ0n) is 47.5. The van der Waals surface area contributed by atoms with Gasteiger partial charge in [0, 0.05) is 101 Å². The first-order valence-electron chi connectivity index (χ1n) is 27.9. The maximum Gasteiger partial charge on any atom is 0.243 e. The molecule has 9 rings (SSSR count). The van der Waals surface area contributed by atoms with Gasteiger partial charge in [-0.2, -0.15) is 4.98 Å². The van der Waals surface area contributed by atoms with Crippen molar-refractivity contribution in [3.63, 3.8) is 0 Å². The van der Waals surface area contributed by atoms with Gasteiger partial charge in [0.15, 0.2) is 5.82 Å². The number of piperazine rings is 1. The van der Waals surface area contributed by atoms with Crippen molar-refractivity contribution in [1.82, 2.24) is 40.1 Å². The van der Waals surface area contributed by atoms with E-state index in [1.165, 1.54) is 22.3 Å². The molecule has 0 aliphatic carbocycles. The minimum absolute atomic E-state index is 0.00967. The van der Waals surface area contributed by atoms with Crippen LogP contribution in [0.15, 0.2) is 76.8 Å². The number of aliphatic hydroxyl groups excluding tert-OH is 1. The van der Waals surface area contributed by atoms with Crippen molar-refractivity contribution in [1.29, 1.82) is 0 Å². The van der Waals surface area contributed by atoms with Crippen molar-refractivity contribution in [3.05, 3.63) is 106 Å². The van der Waals surface area contributed by atoms with Crippen molar-refractivity contribution in [2.24, 2.45) is 5.92 Å². The number of nitrogens with zero attached hydrogens (tertiary/aromatic N) is 8. The monoisotopic (exact) mass is 1180 g/mol. The zero-order valence-corrected chi connectivity index (χ0v) is 49.0. The fourth-order valence-corrected chi connectivity index (χ4v) is 11.7. The van der Waals surface area contributed by atoms with Gasteiger partial charge in [0.2, 0.25) is 29.6 Å². The number of hydrogen-bond donors (Lipinski definition) is 4. The highest BCUT2D eigenvalue weighted by molar-refractivity contribution is 7.13. The van der Waals surface area contributed by atoms with Crippen molar-refractivity contribution in [2.75, 3.05) is 96.1 Å². The van der Waals surface area contributed by atoms with Crippen molar-refractivity contribution < 1.29 is 52.5 Å². The van der Waals surface area contributed by atoms with Crippen LogP contribution in [-0.2, 0) is 35.2 Å². The molecule has 0 spiro atoms. The number of thiazole rings is 1. The Morgan fingerprint density at radius 1 is 0.952 bits per heavy atom. The highest BCUT2D eigenvalue weighted by atomic mass is 35.5. The number of likely N-dealkylation sites (tertiary alicyclic amines) is 1. The number of halogens is 2. The Morgan fingerprint density at radius 2 is 1.71 bits per heavy atom. The molecule has 83 heavy (non-hydrogen) atoms. The number of fused-ring (bicyclic) bond motifs is 2. The molecule has 0 radical (unpaired) electrons. The molecule has 2 aliphatic rings. The largest absolute Gasteiger partial charge is 0.508 e. The number of phenols is 1. The Labute approximate surface area is 489 Å². The fraction of sp³-hybridized carbons (Fsp3) is 0.433. The van der Waals surface area contributed by atoms with Crippen molar-refractivity contribution in [2.45, 2.75) is 78.5 Å². The van der Waals surface area contributed by atoms with E-state index < -0.39 is 29.8 Å². The quantitative estimate of drug-likeness (QED) is 0.0418. The lowest BCUT2D eigenvalue weighted by Crippen LogP contribution is -2.49. The summed E-state index contributed by atoms with van der Waals surface area (Å²) in [4.78, 5) is 75.2. The first kappa shape index (κ1) is 60.1. The average molecular weight is 1180 g/mol. The number of aromatic hydroxyl groups is 1. The second-order valence-corrected chi connectivity index (χ2v) is 22.4. The molecular formula is C60H70ClFN10O10S. The van der Waals surface area contributed by atoms with Gasteiger partial charge in [-0.05, 0) is 65.9 Å². The van der Waals surface area contributed by atoms with E-state index in [-0.39, 0.29) is 117 Å². The molecule has 7 aromatic rings. The van der Waals surface area contributed by atoms with Gasteiger partial charge in [0.05, 0.1) is 59.3 Å². The molecule has 4 amide bonds. The Bertz CT molecular complexity index is 3460. The maximum atomic E-state index is 17.1. The number of hydrogen-bond acceptors (Lipinski definition) is 17. The number of β-amino-alcohol motifs (C(OH)–C–C–N with tert-alkyl or cyclic N) is 1. The summed E-state index contributed by atoms with van der Waals surface area (Å²) in [6, 6.07) is 18.6. The summed E-state index contributed by atoms with van der Waals surface area (Å²) in [5.41, 5.74) is 5.40. The van der Waals surface area contributed by atoms with Gasteiger partial charge in [-0.1, -0.05) is 73.9 Å². The van der Waals surface area contributed by atoms with Crippen LogP contribution in [0.5, 0.6) is 11.5 Å². The predicted octanol–water partition coefficient (Wildman–Crippen LogP) is 8.13. The van der Waals surface area contributed by atoms with Crippen LogP contribution in [-0.4, -0.2) is 167 Å². The molecule has 3 aromatic heterocycles. The number of nitrogens with one attached hydrogen (secondary N) is 2. The number of aryl methyl sites for hydroxylation is 2. The third kappa shape index (κ3) is 14.1. The Hall–Kier alpha value is -7.50. The van der Waals surface area contributed by atoms with E-state index in [1.54, 1.807) is 47.5 Å². The summed E-state index contributed by atoms with van der Waals surface area (Å²) < 4.78 is 40.5. The van der Waals surface area contributed by atoms with Gasteiger partial charge in [0.25, 0.3) is 0 Å². The molecule has 440 valence electrons. The molecule has 23 heteroatoms. The third-order valence-corrected chi connectivity index (χ3v) is 16.2. The van der Waals surface area contributed by atoms with Gasteiger partial charge < -0.3 is 59.2 Å². The smallest absolute Gasteiger partial charge is 0.243 e. The Balaban J connectivity index is 0.754. The zero-order chi connectivity index (χ0) is 58.9. The van der Waals surface area contributed by atoms with Gasteiger partial charge >= 0.3 is 0 Å². The number of ether oxygens (including phenoxy) is 3. The van der Waals surface area contributed by atoms with E-state index in [4.69, 9.17) is 35.3 Å². The molecule has 2 aliphatic heterocycles. The maximum absolute atomic E-state index is 17.1. The van der Waals surface area contributed by atoms with E-state index >= 15 is 4.39 Å². The summed E-state index contributed by atoms with van der Waals surface area (Å²) >= 11 is 8.42. The number of aromatic nitrogens is 4. The SMILES string of the molecule is CCC(=O)N1CCN(c2nc(NCCC(=O)N(C)CCOCCOCCOc3cc(-c4scnc4C)ccc3CNC(=O)[C@@H]3C[C@@H](O)CN3C(=O)[C@H](c3cc(C)no3)C(C)C)nc3c(F)c(-c4cc(O)cc5ccccc45)c(Cl)cc23)CC1. The van der Waals surface area contributed by atoms with Crippen LogP contribution in [0.3, 0.4) is 0 Å². The third-order valence-electron chi connectivity index (χ3n) is 15.0. The number of anilines is 2.